The van der Waals surface area contributed by atoms with Crippen molar-refractivity contribution in [2.45, 2.75) is 12.6 Å². The monoisotopic (exact) mass is 459 g/mol. The Morgan fingerprint density at radius 1 is 1.29 bits per heavy atom. The lowest BCUT2D eigenvalue weighted by molar-refractivity contribution is 0.0997. The Bertz CT molecular complexity index is 1180. The van der Waals surface area contributed by atoms with Crippen molar-refractivity contribution in [3.63, 3.8) is 0 Å². The largest absolute Gasteiger partial charge is 0.496 e. The molecule has 0 unspecified atom stereocenters. The normalized spacial score (nSPS) is 13.7. The first-order chi connectivity index (χ1) is 14.9. The second-order valence-corrected chi connectivity index (χ2v) is 8.05. The van der Waals surface area contributed by atoms with Gasteiger partial charge in [-0.1, -0.05) is 29.9 Å². The Hall–Kier alpha value is -2.97. The Balaban J connectivity index is 1.59. The van der Waals surface area contributed by atoms with Gasteiger partial charge < -0.3 is 20.1 Å². The van der Waals surface area contributed by atoms with E-state index in [4.69, 9.17) is 39.0 Å². The molecule has 3 aromatic rings. The zero-order chi connectivity index (χ0) is 22.1. The van der Waals surface area contributed by atoms with Crippen molar-refractivity contribution < 1.29 is 18.7 Å². The number of carbonyl (C=O) groups excluding carboxylic acids is 1. The van der Waals surface area contributed by atoms with E-state index in [1.807, 2.05) is 11.0 Å². The van der Waals surface area contributed by atoms with Crippen LogP contribution in [-0.4, -0.2) is 47.2 Å². The van der Waals surface area contributed by atoms with Crippen LogP contribution in [0.4, 0.5) is 4.39 Å². The molecule has 1 aliphatic heterocycles. The Kier molecular flexibility index (Phi) is 5.93. The van der Waals surface area contributed by atoms with Crippen LogP contribution in [0.2, 0.25) is 5.02 Å². The Morgan fingerprint density at radius 3 is 2.71 bits per heavy atom. The smallest absolute Gasteiger partial charge is 0.252 e. The van der Waals surface area contributed by atoms with Crippen LogP contribution < -0.4 is 15.2 Å². The molecule has 1 aromatic heterocycles. The minimum atomic E-state index is -0.811. The average Bonchev–Trinajstić information content (AvgIpc) is 2.72. The van der Waals surface area contributed by atoms with E-state index in [0.717, 1.165) is 5.56 Å². The molecule has 0 bridgehead atoms. The number of carbonyl (C=O) groups is 1. The average molecular weight is 460 g/mol. The van der Waals surface area contributed by atoms with E-state index >= 15 is 0 Å². The van der Waals surface area contributed by atoms with Crippen LogP contribution >= 0.6 is 23.8 Å². The fourth-order valence-electron chi connectivity index (χ4n) is 3.36. The molecule has 4 rings (SSSR count). The van der Waals surface area contributed by atoms with Crippen LogP contribution in [0.5, 0.6) is 17.2 Å². The van der Waals surface area contributed by atoms with E-state index in [-0.39, 0.29) is 5.56 Å². The number of fused-ring (bicyclic) bond motifs is 1. The summed E-state index contributed by atoms with van der Waals surface area (Å²) in [6.07, 6.45) is 1.25. The van der Waals surface area contributed by atoms with Crippen molar-refractivity contribution >= 4 is 45.6 Å². The molecule has 1 aliphatic rings. The minimum absolute atomic E-state index is 0.233. The first-order valence-corrected chi connectivity index (χ1v) is 10.3. The molecule has 0 saturated carbocycles. The first kappa shape index (κ1) is 21.3. The highest BCUT2D eigenvalue weighted by molar-refractivity contribution is 7.80. The third kappa shape index (κ3) is 4.40. The third-order valence-electron chi connectivity index (χ3n) is 5.07. The molecule has 2 heterocycles. The number of likely N-dealkylation sites (tertiary alicyclic amines) is 1. The number of rotatable bonds is 6. The molecule has 2 aromatic carbocycles. The number of amides is 1. The zero-order valence-corrected chi connectivity index (χ0v) is 18.2. The number of hydrogen-bond acceptors (Lipinski definition) is 5. The molecule has 6 nitrogen and oxygen atoms in total. The molecule has 0 spiro atoms. The highest BCUT2D eigenvalue weighted by Crippen LogP contribution is 2.34. The lowest BCUT2D eigenvalue weighted by Gasteiger charge is -2.36. The predicted molar refractivity (Wildman–Crippen MR) is 121 cm³/mol. The van der Waals surface area contributed by atoms with E-state index in [1.165, 1.54) is 7.11 Å². The van der Waals surface area contributed by atoms with Gasteiger partial charge >= 0.3 is 0 Å². The summed E-state index contributed by atoms with van der Waals surface area (Å²) in [4.78, 5) is 18.6. The number of aromatic nitrogens is 1. The fraction of sp³-hybridized carbons (Fsp3) is 0.227. The van der Waals surface area contributed by atoms with Crippen molar-refractivity contribution in [3.05, 3.63) is 58.7 Å². The third-order valence-corrected chi connectivity index (χ3v) is 5.83. The summed E-state index contributed by atoms with van der Waals surface area (Å²) in [5, 5.41) is 1.10. The number of primary amides is 1. The molecule has 0 atom stereocenters. The molecule has 31 heavy (non-hydrogen) atoms. The second-order valence-electron chi connectivity index (χ2n) is 7.17. The van der Waals surface area contributed by atoms with E-state index < -0.39 is 12.1 Å². The minimum Gasteiger partial charge on any atom is -0.496 e. The second kappa shape index (κ2) is 8.64. The van der Waals surface area contributed by atoms with E-state index in [2.05, 4.69) is 4.98 Å². The molecule has 160 valence electrons. The summed E-state index contributed by atoms with van der Waals surface area (Å²) in [6, 6.07) is 10.2. The molecule has 2 N–H and O–H groups in total. The van der Waals surface area contributed by atoms with Crippen molar-refractivity contribution in [1.29, 1.82) is 0 Å². The van der Waals surface area contributed by atoms with Gasteiger partial charge in [-0.05, 0) is 29.8 Å². The number of methoxy groups -OCH3 is 1. The molecule has 1 fully saturated rings. The van der Waals surface area contributed by atoms with Gasteiger partial charge in [-0.2, -0.15) is 0 Å². The number of hydrogen-bond donors (Lipinski definition) is 1. The Labute approximate surface area is 188 Å². The molecule has 0 aliphatic carbocycles. The van der Waals surface area contributed by atoms with Gasteiger partial charge in [-0.25, -0.2) is 4.39 Å². The van der Waals surface area contributed by atoms with Crippen molar-refractivity contribution in [2.75, 3.05) is 20.2 Å². The van der Waals surface area contributed by atoms with Crippen LogP contribution in [0.25, 0.3) is 10.9 Å². The summed E-state index contributed by atoms with van der Waals surface area (Å²) in [5.41, 5.74) is 7.13. The van der Waals surface area contributed by atoms with Gasteiger partial charge in [0.2, 0.25) is 0 Å². The topological polar surface area (TPSA) is 77.7 Å². The summed E-state index contributed by atoms with van der Waals surface area (Å²) in [6.45, 7) is 0.676. The maximum atomic E-state index is 13.0. The number of pyridine rings is 1. The summed E-state index contributed by atoms with van der Waals surface area (Å²) in [7, 11) is 1.46. The van der Waals surface area contributed by atoms with Crippen LogP contribution in [0, 0.1) is 0 Å². The van der Waals surface area contributed by atoms with Gasteiger partial charge in [-0.3, -0.25) is 9.78 Å². The zero-order valence-electron chi connectivity index (χ0n) is 16.6. The summed E-state index contributed by atoms with van der Waals surface area (Å²) in [5.74, 6) is 0.730. The van der Waals surface area contributed by atoms with Crippen LogP contribution in [0.1, 0.15) is 15.9 Å². The number of nitrogens with two attached hydrogens (primary N) is 1. The number of alkyl halides is 1. The van der Waals surface area contributed by atoms with E-state index in [1.54, 1.807) is 36.5 Å². The molecular weight excluding hydrogens is 441 g/mol. The van der Waals surface area contributed by atoms with Crippen molar-refractivity contribution in [2.24, 2.45) is 5.73 Å². The van der Waals surface area contributed by atoms with Crippen LogP contribution in [0.3, 0.4) is 0 Å². The highest BCUT2D eigenvalue weighted by Gasteiger charge is 2.28. The maximum absolute atomic E-state index is 13.0. The lowest BCUT2D eigenvalue weighted by Crippen LogP contribution is -2.51. The van der Waals surface area contributed by atoms with E-state index in [9.17, 15) is 9.18 Å². The van der Waals surface area contributed by atoms with Crippen LogP contribution in [0.15, 0.2) is 42.6 Å². The standard InChI is InChI=1S/C22H19ClFN3O3S/c1-29-20-9-18-15(8-16(20)22(25)28)19(4-5-26-18)30-14-3-2-12(17(23)7-14)6-21(31)27-10-13(24)11-27/h2-5,7-9,13H,6,10-11H2,1H3,(H2,25,28). The van der Waals surface area contributed by atoms with Crippen LogP contribution in [-0.2, 0) is 6.42 Å². The lowest BCUT2D eigenvalue weighted by atomic mass is 10.1. The van der Waals surface area contributed by atoms with Gasteiger partial charge in [0.15, 0.2) is 0 Å². The predicted octanol–water partition coefficient (Wildman–Crippen LogP) is 4.31. The van der Waals surface area contributed by atoms with Gasteiger partial charge in [0, 0.05) is 29.1 Å². The highest BCUT2D eigenvalue weighted by atomic mass is 35.5. The number of nitrogens with zero attached hydrogens (tertiary/aromatic N) is 2. The number of thiocarbonyl (C=S) groups is 1. The quantitative estimate of drug-likeness (QED) is 0.553. The molecule has 9 heteroatoms. The SMILES string of the molecule is COc1cc2nccc(Oc3ccc(CC(=S)N4CC(F)C4)c(Cl)c3)c2cc1C(N)=O. The molecular formula is C22H19ClFN3O3S. The summed E-state index contributed by atoms with van der Waals surface area (Å²) >= 11 is 11.8. The molecule has 1 amide bonds. The fourth-order valence-corrected chi connectivity index (χ4v) is 3.91. The number of ether oxygens (including phenoxy) is 2. The first-order valence-electron chi connectivity index (χ1n) is 9.50. The molecule has 0 radical (unpaired) electrons. The number of benzene rings is 2. The van der Waals surface area contributed by atoms with Gasteiger partial charge in [0.25, 0.3) is 5.91 Å². The maximum Gasteiger partial charge on any atom is 0.252 e. The summed E-state index contributed by atoms with van der Waals surface area (Å²) < 4.78 is 24.3. The molecule has 1 saturated heterocycles. The van der Waals surface area contributed by atoms with Crippen molar-refractivity contribution in [1.82, 2.24) is 9.88 Å². The Morgan fingerprint density at radius 2 is 2.06 bits per heavy atom. The van der Waals surface area contributed by atoms with Crippen molar-refractivity contribution in [3.8, 4) is 17.2 Å². The number of halogens is 2. The van der Waals surface area contributed by atoms with Gasteiger partial charge in [-0.15, -0.1) is 0 Å². The van der Waals surface area contributed by atoms with Gasteiger partial charge in [0.05, 0.1) is 36.3 Å². The van der Waals surface area contributed by atoms with E-state index in [0.29, 0.717) is 57.7 Å². The van der Waals surface area contributed by atoms with Gasteiger partial charge in [0.1, 0.15) is 23.4 Å².